The smallest absolute Gasteiger partial charge is 0.328 e. The zero-order chi connectivity index (χ0) is 18.2. The van der Waals surface area contributed by atoms with Gasteiger partial charge < -0.3 is 10.6 Å². The van der Waals surface area contributed by atoms with Gasteiger partial charge in [-0.3, -0.25) is 4.79 Å². The fourth-order valence-electron chi connectivity index (χ4n) is 3.71. The zero-order valence-corrected chi connectivity index (χ0v) is 15.0. The summed E-state index contributed by atoms with van der Waals surface area (Å²) in [7, 11) is 0. The topological polar surface area (TPSA) is 46.3 Å². The summed E-state index contributed by atoms with van der Waals surface area (Å²) < 4.78 is 54.1. The van der Waals surface area contributed by atoms with E-state index in [4.69, 9.17) is 5.73 Å². The predicted molar refractivity (Wildman–Crippen MR) is 92.9 cm³/mol. The molecule has 0 unspecified atom stereocenters. The highest BCUT2D eigenvalue weighted by Gasteiger charge is 2.54. The lowest BCUT2D eigenvalue weighted by atomic mass is 9.83. The van der Waals surface area contributed by atoms with Gasteiger partial charge in [-0.05, 0) is 37.7 Å². The molecule has 2 fully saturated rings. The highest BCUT2D eigenvalue weighted by Crippen LogP contribution is 2.47. The number of halogens is 5. The van der Waals surface area contributed by atoms with Crippen molar-refractivity contribution in [1.29, 1.82) is 0 Å². The van der Waals surface area contributed by atoms with E-state index >= 15 is 4.39 Å². The molecule has 2 saturated carbocycles. The van der Waals surface area contributed by atoms with Gasteiger partial charge in [0.25, 0.3) is 0 Å². The number of alkyl halides is 4. The molecule has 2 atom stereocenters. The summed E-state index contributed by atoms with van der Waals surface area (Å²) in [5, 5.41) is 0. The fourth-order valence-corrected chi connectivity index (χ4v) is 3.71. The second kappa shape index (κ2) is 7.72. The van der Waals surface area contributed by atoms with E-state index in [-0.39, 0.29) is 37.2 Å². The SMILES string of the molecule is Cl.NC1CCC(F)(CN(C(=O)C(F)(F)F)[C@@H]2C[C@H]2c2ccccc2)CC1. The van der Waals surface area contributed by atoms with E-state index in [1.807, 2.05) is 18.2 Å². The van der Waals surface area contributed by atoms with E-state index in [0.29, 0.717) is 24.2 Å². The maximum absolute atomic E-state index is 15.0. The molecule has 8 heteroatoms. The minimum absolute atomic E-state index is 0. The highest BCUT2D eigenvalue weighted by molar-refractivity contribution is 5.85. The van der Waals surface area contributed by atoms with Crippen LogP contribution in [0.25, 0.3) is 0 Å². The number of amides is 1. The maximum Gasteiger partial charge on any atom is 0.471 e. The van der Waals surface area contributed by atoms with Crippen molar-refractivity contribution in [2.75, 3.05) is 6.54 Å². The quantitative estimate of drug-likeness (QED) is 0.785. The highest BCUT2D eigenvalue weighted by atomic mass is 35.5. The molecule has 2 aliphatic rings. The summed E-state index contributed by atoms with van der Waals surface area (Å²) in [6.07, 6.45) is -3.52. The Morgan fingerprint density at radius 2 is 1.77 bits per heavy atom. The van der Waals surface area contributed by atoms with E-state index in [2.05, 4.69) is 0 Å². The molecule has 1 amide bonds. The number of hydrogen-bond donors (Lipinski definition) is 1. The van der Waals surface area contributed by atoms with Gasteiger partial charge in [0.1, 0.15) is 5.67 Å². The molecule has 0 bridgehead atoms. The standard InChI is InChI=1S/C18H22F4N2O.ClH/c19-17(8-6-13(23)7-9-17)11-24(16(25)18(20,21)22)15-10-14(15)12-4-2-1-3-5-12;/h1-5,13-15H,6-11,23H2;1H/t13?,14-,15+,17?;/m0./s1. The Labute approximate surface area is 156 Å². The van der Waals surface area contributed by atoms with Crippen LogP contribution in [0.3, 0.4) is 0 Å². The first-order chi connectivity index (χ1) is 11.7. The molecule has 2 aliphatic carbocycles. The molecule has 2 N–H and O–H groups in total. The number of rotatable bonds is 4. The average molecular weight is 395 g/mol. The molecule has 3 nitrogen and oxygen atoms in total. The third-order valence-electron chi connectivity index (χ3n) is 5.27. The molecular formula is C18H23ClF4N2O. The minimum Gasteiger partial charge on any atom is -0.328 e. The van der Waals surface area contributed by atoms with Crippen LogP contribution in [0.2, 0.25) is 0 Å². The Kier molecular flexibility index (Phi) is 6.23. The Morgan fingerprint density at radius 1 is 1.19 bits per heavy atom. The molecule has 0 aliphatic heterocycles. The molecule has 1 aromatic carbocycles. The zero-order valence-electron chi connectivity index (χ0n) is 14.2. The minimum atomic E-state index is -4.99. The van der Waals surface area contributed by atoms with Gasteiger partial charge in [0, 0.05) is 18.0 Å². The average Bonchev–Trinajstić information content (AvgIpc) is 3.36. The molecule has 0 saturated heterocycles. The van der Waals surface area contributed by atoms with Gasteiger partial charge in [-0.2, -0.15) is 13.2 Å². The van der Waals surface area contributed by atoms with Crippen molar-refractivity contribution in [3.05, 3.63) is 35.9 Å². The molecule has 0 heterocycles. The largest absolute Gasteiger partial charge is 0.471 e. The first-order valence-corrected chi connectivity index (χ1v) is 8.57. The third-order valence-corrected chi connectivity index (χ3v) is 5.27. The van der Waals surface area contributed by atoms with Crippen LogP contribution in [-0.2, 0) is 4.79 Å². The molecule has 146 valence electrons. The van der Waals surface area contributed by atoms with Gasteiger partial charge in [-0.25, -0.2) is 4.39 Å². The van der Waals surface area contributed by atoms with Crippen LogP contribution in [-0.4, -0.2) is 41.3 Å². The van der Waals surface area contributed by atoms with Gasteiger partial charge in [0.05, 0.1) is 6.54 Å². The lowest BCUT2D eigenvalue weighted by Crippen LogP contribution is -2.51. The number of hydrogen-bond acceptors (Lipinski definition) is 2. The Balaban J connectivity index is 0.00000243. The number of benzene rings is 1. The van der Waals surface area contributed by atoms with Crippen LogP contribution in [0.15, 0.2) is 30.3 Å². The lowest BCUT2D eigenvalue weighted by molar-refractivity contribution is -0.188. The van der Waals surface area contributed by atoms with Gasteiger partial charge >= 0.3 is 12.1 Å². The third kappa shape index (κ3) is 4.68. The summed E-state index contributed by atoms with van der Waals surface area (Å²) in [6.45, 7) is -0.508. The number of nitrogens with two attached hydrogens (primary N) is 1. The van der Waals surface area contributed by atoms with E-state index in [1.54, 1.807) is 12.1 Å². The van der Waals surface area contributed by atoms with Crippen LogP contribution in [0.1, 0.15) is 43.6 Å². The van der Waals surface area contributed by atoms with Crippen LogP contribution in [0.4, 0.5) is 17.6 Å². The van der Waals surface area contributed by atoms with Crippen molar-refractivity contribution in [1.82, 2.24) is 4.90 Å². The van der Waals surface area contributed by atoms with Crippen molar-refractivity contribution >= 4 is 18.3 Å². The number of carbonyl (C=O) groups excluding carboxylic acids is 1. The van der Waals surface area contributed by atoms with Crippen molar-refractivity contribution < 1.29 is 22.4 Å². The molecule has 1 aromatic rings. The summed E-state index contributed by atoms with van der Waals surface area (Å²) in [5.41, 5.74) is 4.85. The first-order valence-electron chi connectivity index (χ1n) is 8.57. The Bertz CT molecular complexity index is 617. The molecule has 0 radical (unpaired) electrons. The fraction of sp³-hybridized carbons (Fsp3) is 0.611. The second-order valence-corrected chi connectivity index (χ2v) is 7.24. The Hall–Kier alpha value is -1.34. The van der Waals surface area contributed by atoms with Gasteiger partial charge in [0.15, 0.2) is 0 Å². The summed E-state index contributed by atoms with van der Waals surface area (Å²) in [4.78, 5) is 12.6. The second-order valence-electron chi connectivity index (χ2n) is 7.24. The van der Waals surface area contributed by atoms with Gasteiger partial charge in [0.2, 0.25) is 0 Å². The van der Waals surface area contributed by atoms with Crippen molar-refractivity contribution in [3.8, 4) is 0 Å². The van der Waals surface area contributed by atoms with Crippen LogP contribution >= 0.6 is 12.4 Å². The normalized spacial score (nSPS) is 31.0. The van der Waals surface area contributed by atoms with Crippen LogP contribution in [0, 0.1) is 0 Å². The van der Waals surface area contributed by atoms with Gasteiger partial charge in [-0.15, -0.1) is 12.4 Å². The lowest BCUT2D eigenvalue weighted by Gasteiger charge is -2.37. The monoisotopic (exact) mass is 394 g/mol. The van der Waals surface area contributed by atoms with Crippen LogP contribution < -0.4 is 5.73 Å². The summed E-state index contributed by atoms with van der Waals surface area (Å²) in [5.74, 6) is -2.11. The maximum atomic E-state index is 15.0. The van der Waals surface area contributed by atoms with Crippen molar-refractivity contribution in [2.45, 2.75) is 62.0 Å². The number of carbonyl (C=O) groups is 1. The first kappa shape index (κ1) is 21.0. The van der Waals surface area contributed by atoms with E-state index in [9.17, 15) is 18.0 Å². The van der Waals surface area contributed by atoms with Crippen molar-refractivity contribution in [3.63, 3.8) is 0 Å². The predicted octanol–water partition coefficient (Wildman–Crippen LogP) is 3.96. The molecule has 26 heavy (non-hydrogen) atoms. The van der Waals surface area contributed by atoms with Gasteiger partial charge in [-0.1, -0.05) is 30.3 Å². The Morgan fingerprint density at radius 3 is 2.31 bits per heavy atom. The molecular weight excluding hydrogens is 372 g/mol. The molecule has 3 rings (SSSR count). The summed E-state index contributed by atoms with van der Waals surface area (Å²) in [6, 6.07) is 8.37. The molecule has 0 spiro atoms. The van der Waals surface area contributed by atoms with Crippen LogP contribution in [0.5, 0.6) is 0 Å². The number of nitrogens with zero attached hydrogens (tertiary/aromatic N) is 1. The van der Waals surface area contributed by atoms with Crippen molar-refractivity contribution in [2.24, 2.45) is 5.73 Å². The van der Waals surface area contributed by atoms with E-state index < -0.39 is 30.3 Å². The van der Waals surface area contributed by atoms with E-state index in [1.165, 1.54) is 0 Å². The molecule has 0 aromatic heterocycles. The summed E-state index contributed by atoms with van der Waals surface area (Å²) >= 11 is 0. The van der Waals surface area contributed by atoms with E-state index in [0.717, 1.165) is 5.56 Å².